The van der Waals surface area contributed by atoms with E-state index in [0.29, 0.717) is 16.5 Å². The Balaban J connectivity index is 1.94. The van der Waals surface area contributed by atoms with E-state index in [-0.39, 0.29) is 17.2 Å². The van der Waals surface area contributed by atoms with Crippen LogP contribution in [0.2, 0.25) is 5.15 Å². The minimum absolute atomic E-state index is 0.192. The number of rotatable bonds is 6. The van der Waals surface area contributed by atoms with Gasteiger partial charge < -0.3 is 4.90 Å². The van der Waals surface area contributed by atoms with Crippen molar-refractivity contribution >= 4 is 28.7 Å². The van der Waals surface area contributed by atoms with Crippen molar-refractivity contribution in [1.82, 2.24) is 19.7 Å². The molecule has 0 bridgehead atoms. The summed E-state index contributed by atoms with van der Waals surface area (Å²) in [6.07, 6.45) is 1.72. The van der Waals surface area contributed by atoms with Crippen molar-refractivity contribution in [3.05, 3.63) is 56.7 Å². The number of aromatic amines is 1. The Morgan fingerprint density at radius 1 is 1.14 bits per heavy atom. The van der Waals surface area contributed by atoms with Gasteiger partial charge in [-0.3, -0.25) is 9.89 Å². The summed E-state index contributed by atoms with van der Waals surface area (Å²) in [5.74, 6) is 0.192. The van der Waals surface area contributed by atoms with E-state index in [1.54, 1.807) is 6.92 Å². The molecule has 9 heteroatoms. The van der Waals surface area contributed by atoms with E-state index in [4.69, 9.17) is 11.6 Å². The van der Waals surface area contributed by atoms with Crippen LogP contribution in [0.1, 0.15) is 30.3 Å². The van der Waals surface area contributed by atoms with Gasteiger partial charge in [-0.05, 0) is 44.5 Å². The third-order valence-electron chi connectivity index (χ3n) is 4.52. The van der Waals surface area contributed by atoms with E-state index in [9.17, 15) is 4.79 Å². The fourth-order valence-electron chi connectivity index (χ4n) is 2.90. The summed E-state index contributed by atoms with van der Waals surface area (Å²) in [5, 5.41) is 11.6. The molecule has 0 aliphatic carbocycles. The molecule has 0 fully saturated rings. The average Bonchev–Trinajstić information content (AvgIpc) is 2.97. The zero-order valence-electron chi connectivity index (χ0n) is 17.2. The van der Waals surface area contributed by atoms with Crippen LogP contribution in [0.4, 0.5) is 17.1 Å². The Morgan fingerprint density at radius 2 is 1.83 bits per heavy atom. The van der Waals surface area contributed by atoms with Crippen LogP contribution in [0.25, 0.3) is 5.95 Å². The molecule has 152 valence electrons. The Labute approximate surface area is 174 Å². The highest BCUT2D eigenvalue weighted by Crippen LogP contribution is 2.22. The monoisotopic (exact) mass is 413 g/mol. The van der Waals surface area contributed by atoms with Crippen molar-refractivity contribution in [2.24, 2.45) is 10.2 Å². The number of aromatic nitrogens is 4. The van der Waals surface area contributed by atoms with Crippen LogP contribution in [0, 0.1) is 13.8 Å². The summed E-state index contributed by atoms with van der Waals surface area (Å²) in [5.41, 5.74) is 3.76. The van der Waals surface area contributed by atoms with Crippen LogP contribution in [-0.2, 0) is 6.42 Å². The molecule has 0 radical (unpaired) electrons. The summed E-state index contributed by atoms with van der Waals surface area (Å²) >= 11 is 6.31. The standard InChI is InChI=1S/C20H24ClN7O/c1-6-7-16-12(2)22-20(23-18(16)21)28-19(29)17(13(3)26-28)25-24-14-8-10-15(11-9-14)27(4)5/h8-11,26H,6-7H2,1-5H3. The Hall–Kier alpha value is -3.00. The maximum Gasteiger partial charge on any atom is 0.301 e. The topological polar surface area (TPSA) is 91.5 Å². The molecule has 29 heavy (non-hydrogen) atoms. The Morgan fingerprint density at radius 3 is 2.41 bits per heavy atom. The maximum absolute atomic E-state index is 12.8. The first kappa shape index (κ1) is 20.7. The molecule has 1 N–H and O–H groups in total. The highest BCUT2D eigenvalue weighted by molar-refractivity contribution is 6.30. The third kappa shape index (κ3) is 4.37. The molecule has 0 atom stereocenters. The molecule has 2 heterocycles. The van der Waals surface area contributed by atoms with Crippen LogP contribution in [0.3, 0.4) is 0 Å². The van der Waals surface area contributed by atoms with Gasteiger partial charge in [-0.25, -0.2) is 4.98 Å². The van der Waals surface area contributed by atoms with Crippen LogP contribution >= 0.6 is 11.6 Å². The Kier molecular flexibility index (Phi) is 6.12. The number of azo groups is 1. The first-order valence-electron chi connectivity index (χ1n) is 9.36. The van der Waals surface area contributed by atoms with Crippen molar-refractivity contribution in [3.63, 3.8) is 0 Å². The molecular weight excluding hydrogens is 390 g/mol. The summed E-state index contributed by atoms with van der Waals surface area (Å²) in [4.78, 5) is 23.6. The zero-order valence-corrected chi connectivity index (χ0v) is 17.9. The van der Waals surface area contributed by atoms with Crippen molar-refractivity contribution in [2.45, 2.75) is 33.6 Å². The van der Waals surface area contributed by atoms with Crippen molar-refractivity contribution in [3.8, 4) is 5.95 Å². The number of benzene rings is 1. The molecule has 0 spiro atoms. The Bertz CT molecular complexity index is 1070. The smallest absolute Gasteiger partial charge is 0.301 e. The normalized spacial score (nSPS) is 11.4. The maximum atomic E-state index is 12.8. The van der Waals surface area contributed by atoms with Crippen molar-refractivity contribution < 1.29 is 0 Å². The SMILES string of the molecule is CCCc1c(C)nc(-n2[nH]c(C)c(N=Nc3ccc(N(C)C)cc3)c2=O)nc1Cl. The first-order valence-corrected chi connectivity index (χ1v) is 9.73. The van der Waals surface area contributed by atoms with Gasteiger partial charge in [-0.1, -0.05) is 24.9 Å². The van der Waals surface area contributed by atoms with E-state index in [1.807, 2.05) is 50.2 Å². The molecule has 1 aromatic carbocycles. The second-order valence-corrected chi connectivity index (χ2v) is 7.32. The van der Waals surface area contributed by atoms with Gasteiger partial charge in [0.25, 0.3) is 5.95 Å². The lowest BCUT2D eigenvalue weighted by Crippen LogP contribution is -2.18. The lowest BCUT2D eigenvalue weighted by molar-refractivity contribution is 0.758. The highest BCUT2D eigenvalue weighted by atomic mass is 35.5. The number of nitrogens with one attached hydrogen (secondary N) is 1. The predicted molar refractivity (Wildman–Crippen MR) is 115 cm³/mol. The first-order chi connectivity index (χ1) is 13.8. The average molecular weight is 414 g/mol. The lowest BCUT2D eigenvalue weighted by Gasteiger charge is -2.11. The second kappa shape index (κ2) is 8.57. The van der Waals surface area contributed by atoms with Crippen LogP contribution in [0.5, 0.6) is 0 Å². The predicted octanol–water partition coefficient (Wildman–Crippen LogP) is 4.66. The largest absolute Gasteiger partial charge is 0.378 e. The molecule has 2 aromatic heterocycles. The van der Waals surface area contributed by atoms with Gasteiger partial charge in [0, 0.05) is 31.0 Å². The fourth-order valence-corrected chi connectivity index (χ4v) is 3.21. The molecule has 3 rings (SSSR count). The molecule has 0 aliphatic rings. The summed E-state index contributed by atoms with van der Waals surface area (Å²) in [6, 6.07) is 7.57. The molecule has 0 unspecified atom stereocenters. The number of nitrogens with zero attached hydrogens (tertiary/aromatic N) is 6. The number of hydrogen-bond donors (Lipinski definition) is 1. The van der Waals surface area contributed by atoms with Gasteiger partial charge >= 0.3 is 5.56 Å². The van der Waals surface area contributed by atoms with Crippen molar-refractivity contribution in [2.75, 3.05) is 19.0 Å². The summed E-state index contributed by atoms with van der Waals surface area (Å²) in [7, 11) is 3.93. The molecule has 3 aromatic rings. The van der Waals surface area contributed by atoms with Gasteiger partial charge in [-0.15, -0.1) is 5.11 Å². The van der Waals surface area contributed by atoms with E-state index in [2.05, 4.69) is 32.2 Å². The highest BCUT2D eigenvalue weighted by Gasteiger charge is 2.17. The molecular formula is C20H24ClN7O. The number of aryl methyl sites for hydroxylation is 2. The van der Waals surface area contributed by atoms with Crippen LogP contribution in [-0.4, -0.2) is 33.8 Å². The van der Waals surface area contributed by atoms with Gasteiger partial charge in [0.15, 0.2) is 5.69 Å². The van der Waals surface area contributed by atoms with Gasteiger partial charge in [0.2, 0.25) is 0 Å². The minimum Gasteiger partial charge on any atom is -0.378 e. The van der Waals surface area contributed by atoms with Crippen LogP contribution < -0.4 is 10.5 Å². The number of H-pyrrole nitrogens is 1. The van der Waals surface area contributed by atoms with Gasteiger partial charge in [0.05, 0.1) is 11.4 Å². The van der Waals surface area contributed by atoms with Gasteiger partial charge in [-0.2, -0.15) is 14.8 Å². The molecule has 0 saturated heterocycles. The number of halogens is 1. The lowest BCUT2D eigenvalue weighted by atomic mass is 10.1. The molecule has 0 aliphatic heterocycles. The van der Waals surface area contributed by atoms with E-state index in [1.165, 1.54) is 4.68 Å². The minimum atomic E-state index is -0.380. The second-order valence-electron chi connectivity index (χ2n) is 6.97. The van der Waals surface area contributed by atoms with E-state index in [0.717, 1.165) is 29.8 Å². The van der Waals surface area contributed by atoms with E-state index < -0.39 is 0 Å². The van der Waals surface area contributed by atoms with Gasteiger partial charge in [0.1, 0.15) is 5.15 Å². The quantitative estimate of drug-likeness (QED) is 0.470. The number of hydrogen-bond acceptors (Lipinski definition) is 6. The molecule has 8 nitrogen and oxygen atoms in total. The van der Waals surface area contributed by atoms with Crippen molar-refractivity contribution in [1.29, 1.82) is 0 Å². The third-order valence-corrected chi connectivity index (χ3v) is 4.84. The molecule has 0 amide bonds. The summed E-state index contributed by atoms with van der Waals surface area (Å²) in [6.45, 7) is 5.68. The van der Waals surface area contributed by atoms with E-state index >= 15 is 0 Å². The number of anilines is 1. The van der Waals surface area contributed by atoms with Crippen LogP contribution in [0.15, 0.2) is 39.3 Å². The summed E-state index contributed by atoms with van der Waals surface area (Å²) < 4.78 is 1.24. The zero-order chi connectivity index (χ0) is 21.1. The molecule has 0 saturated carbocycles. The fraction of sp³-hybridized carbons (Fsp3) is 0.350.